The fourth-order valence-electron chi connectivity index (χ4n) is 1.89. The van der Waals surface area contributed by atoms with Crippen LogP contribution in [0.15, 0.2) is 24.3 Å². The van der Waals surface area contributed by atoms with Gasteiger partial charge in [-0.15, -0.1) is 10.2 Å². The van der Waals surface area contributed by atoms with Crippen LogP contribution in [0.5, 0.6) is 0 Å². The lowest BCUT2D eigenvalue weighted by Crippen LogP contribution is -2.14. The van der Waals surface area contributed by atoms with Crippen LogP contribution >= 0.6 is 0 Å². The maximum Gasteiger partial charge on any atom is 0.269 e. The third-order valence-corrected chi connectivity index (χ3v) is 2.89. The smallest absolute Gasteiger partial charge is 0.269 e. The highest BCUT2D eigenvalue weighted by Crippen LogP contribution is 2.15. The Labute approximate surface area is 116 Å². The van der Waals surface area contributed by atoms with E-state index in [1.165, 1.54) is 6.07 Å². The number of nitrogens with one attached hydrogen (secondary N) is 1. The van der Waals surface area contributed by atoms with Crippen molar-refractivity contribution >= 4 is 11.7 Å². The van der Waals surface area contributed by atoms with Gasteiger partial charge in [-0.3, -0.25) is 4.79 Å². The van der Waals surface area contributed by atoms with Crippen molar-refractivity contribution in [2.24, 2.45) is 5.73 Å². The average Bonchev–Trinajstić information content (AvgIpc) is 2.42. The van der Waals surface area contributed by atoms with Gasteiger partial charge in [0.1, 0.15) is 11.6 Å². The van der Waals surface area contributed by atoms with E-state index in [1.54, 1.807) is 32.0 Å². The number of nitrogens with two attached hydrogens (primary N) is 1. The Morgan fingerprint density at radius 3 is 2.40 bits per heavy atom. The molecule has 2 rings (SSSR count). The standard InChI is InChI=1S/C14H15FN4O/c1-8-5-10(6-9(2)13(8)15)7-17-12-4-3-11(14(16)20)18-19-12/h3-6H,7H2,1-2H3,(H2,16,20)(H,17,19). The van der Waals surface area contributed by atoms with E-state index < -0.39 is 5.91 Å². The number of carbonyl (C=O) groups is 1. The molecule has 1 amide bonds. The highest BCUT2D eigenvalue weighted by molar-refractivity contribution is 5.90. The maximum absolute atomic E-state index is 13.5. The minimum atomic E-state index is -0.617. The van der Waals surface area contributed by atoms with Crippen LogP contribution in [0.4, 0.5) is 10.2 Å². The number of aromatic nitrogens is 2. The molecule has 0 saturated carbocycles. The summed E-state index contributed by atoms with van der Waals surface area (Å²) in [6.07, 6.45) is 0. The quantitative estimate of drug-likeness (QED) is 0.892. The lowest BCUT2D eigenvalue weighted by atomic mass is 10.1. The van der Waals surface area contributed by atoms with Gasteiger partial charge in [0, 0.05) is 6.54 Å². The number of anilines is 1. The van der Waals surface area contributed by atoms with E-state index in [0.29, 0.717) is 23.5 Å². The van der Waals surface area contributed by atoms with Crippen LogP contribution < -0.4 is 11.1 Å². The minimum absolute atomic E-state index is 0.115. The predicted molar refractivity (Wildman–Crippen MR) is 73.8 cm³/mol. The zero-order valence-electron chi connectivity index (χ0n) is 11.3. The summed E-state index contributed by atoms with van der Waals surface area (Å²) in [6, 6.07) is 6.68. The predicted octanol–water partition coefficient (Wildman–Crippen LogP) is 1.94. The number of aryl methyl sites for hydroxylation is 2. The van der Waals surface area contributed by atoms with Gasteiger partial charge in [0.25, 0.3) is 5.91 Å². The molecule has 0 aliphatic carbocycles. The molecular formula is C14H15FN4O. The second-order valence-corrected chi connectivity index (χ2v) is 4.57. The second kappa shape index (κ2) is 5.64. The van der Waals surface area contributed by atoms with Crippen LogP contribution in [0, 0.1) is 19.7 Å². The molecule has 3 N–H and O–H groups in total. The number of hydrogen-bond acceptors (Lipinski definition) is 4. The summed E-state index contributed by atoms with van der Waals surface area (Å²) in [7, 11) is 0. The Balaban J connectivity index is 2.07. The SMILES string of the molecule is Cc1cc(CNc2ccc(C(N)=O)nn2)cc(C)c1F. The van der Waals surface area contributed by atoms with E-state index in [4.69, 9.17) is 5.73 Å². The van der Waals surface area contributed by atoms with Gasteiger partial charge in [0.2, 0.25) is 0 Å². The summed E-state index contributed by atoms with van der Waals surface area (Å²) in [6.45, 7) is 3.95. The van der Waals surface area contributed by atoms with E-state index in [1.807, 2.05) is 0 Å². The van der Waals surface area contributed by atoms with Gasteiger partial charge in [-0.05, 0) is 42.7 Å². The second-order valence-electron chi connectivity index (χ2n) is 4.57. The molecule has 2 aromatic rings. The lowest BCUT2D eigenvalue weighted by Gasteiger charge is -2.08. The van der Waals surface area contributed by atoms with Crippen LogP contribution in [0.1, 0.15) is 27.2 Å². The highest BCUT2D eigenvalue weighted by atomic mass is 19.1. The molecule has 0 unspecified atom stereocenters. The fraction of sp³-hybridized carbons (Fsp3) is 0.214. The third-order valence-electron chi connectivity index (χ3n) is 2.89. The first-order chi connectivity index (χ1) is 9.47. The van der Waals surface area contributed by atoms with Crippen molar-refractivity contribution in [3.05, 3.63) is 52.5 Å². The fourth-order valence-corrected chi connectivity index (χ4v) is 1.89. The first-order valence-corrected chi connectivity index (χ1v) is 6.10. The molecule has 0 bridgehead atoms. The van der Waals surface area contributed by atoms with Gasteiger partial charge in [-0.25, -0.2) is 4.39 Å². The minimum Gasteiger partial charge on any atom is -0.365 e. The molecule has 0 atom stereocenters. The third kappa shape index (κ3) is 3.09. The van der Waals surface area contributed by atoms with E-state index >= 15 is 0 Å². The zero-order valence-corrected chi connectivity index (χ0v) is 11.3. The first kappa shape index (κ1) is 13.9. The number of benzene rings is 1. The normalized spacial score (nSPS) is 10.3. The van der Waals surface area contributed by atoms with Crippen molar-refractivity contribution in [3.8, 4) is 0 Å². The molecule has 1 aromatic heterocycles. The van der Waals surface area contributed by atoms with Gasteiger partial charge < -0.3 is 11.1 Å². The number of halogens is 1. The monoisotopic (exact) mass is 274 g/mol. The van der Waals surface area contributed by atoms with E-state index in [0.717, 1.165) is 5.56 Å². The van der Waals surface area contributed by atoms with Crippen molar-refractivity contribution in [3.63, 3.8) is 0 Å². The molecule has 0 aliphatic heterocycles. The Bertz CT molecular complexity index is 617. The topological polar surface area (TPSA) is 80.9 Å². The number of primary amides is 1. The average molecular weight is 274 g/mol. The molecule has 104 valence electrons. The number of carbonyl (C=O) groups excluding carboxylic acids is 1. The molecule has 6 heteroatoms. The molecular weight excluding hydrogens is 259 g/mol. The lowest BCUT2D eigenvalue weighted by molar-refractivity contribution is 0.0994. The van der Waals surface area contributed by atoms with Crippen LogP contribution in [0.2, 0.25) is 0 Å². The van der Waals surface area contributed by atoms with Crippen molar-refractivity contribution < 1.29 is 9.18 Å². The summed E-state index contributed by atoms with van der Waals surface area (Å²) in [5, 5.41) is 10.6. The summed E-state index contributed by atoms with van der Waals surface area (Å²) in [5.74, 6) is -0.275. The van der Waals surface area contributed by atoms with E-state index in [9.17, 15) is 9.18 Å². The van der Waals surface area contributed by atoms with Crippen molar-refractivity contribution in [1.29, 1.82) is 0 Å². The molecule has 20 heavy (non-hydrogen) atoms. The van der Waals surface area contributed by atoms with Gasteiger partial charge >= 0.3 is 0 Å². The largest absolute Gasteiger partial charge is 0.365 e. The van der Waals surface area contributed by atoms with E-state index in [2.05, 4.69) is 15.5 Å². The summed E-state index contributed by atoms with van der Waals surface area (Å²) in [4.78, 5) is 10.9. The zero-order chi connectivity index (χ0) is 14.7. The molecule has 5 nitrogen and oxygen atoms in total. The van der Waals surface area contributed by atoms with Crippen LogP contribution in [-0.4, -0.2) is 16.1 Å². The van der Waals surface area contributed by atoms with Gasteiger partial charge in [0.05, 0.1) is 0 Å². The number of amides is 1. The number of rotatable bonds is 4. The summed E-state index contributed by atoms with van der Waals surface area (Å²) >= 11 is 0. The Morgan fingerprint density at radius 1 is 1.25 bits per heavy atom. The van der Waals surface area contributed by atoms with Crippen molar-refractivity contribution in [2.45, 2.75) is 20.4 Å². The molecule has 1 heterocycles. The van der Waals surface area contributed by atoms with E-state index in [-0.39, 0.29) is 11.5 Å². The molecule has 0 radical (unpaired) electrons. The van der Waals surface area contributed by atoms with Crippen molar-refractivity contribution in [1.82, 2.24) is 10.2 Å². The van der Waals surface area contributed by atoms with Gasteiger partial charge in [0.15, 0.2) is 5.69 Å². The molecule has 0 saturated heterocycles. The Morgan fingerprint density at radius 2 is 1.90 bits per heavy atom. The Kier molecular flexibility index (Phi) is 3.93. The number of nitrogens with zero attached hydrogens (tertiary/aromatic N) is 2. The van der Waals surface area contributed by atoms with Gasteiger partial charge in [-0.2, -0.15) is 0 Å². The highest BCUT2D eigenvalue weighted by Gasteiger charge is 2.05. The summed E-state index contributed by atoms with van der Waals surface area (Å²) in [5.41, 5.74) is 7.36. The molecule has 0 spiro atoms. The number of hydrogen-bond donors (Lipinski definition) is 2. The van der Waals surface area contributed by atoms with Crippen molar-refractivity contribution in [2.75, 3.05) is 5.32 Å². The Hall–Kier alpha value is -2.50. The molecule has 1 aromatic carbocycles. The van der Waals surface area contributed by atoms with Gasteiger partial charge in [-0.1, -0.05) is 12.1 Å². The molecule has 0 fully saturated rings. The summed E-state index contributed by atoms with van der Waals surface area (Å²) < 4.78 is 13.5. The van der Waals surface area contributed by atoms with Crippen LogP contribution in [0.3, 0.4) is 0 Å². The maximum atomic E-state index is 13.5. The van der Waals surface area contributed by atoms with Crippen LogP contribution in [-0.2, 0) is 6.54 Å². The van der Waals surface area contributed by atoms with Crippen LogP contribution in [0.25, 0.3) is 0 Å². The first-order valence-electron chi connectivity index (χ1n) is 6.10. The molecule has 0 aliphatic rings.